The number of nitrogens with zero attached hydrogens (tertiary/aromatic N) is 2. The molecule has 0 radical (unpaired) electrons. The van der Waals surface area contributed by atoms with E-state index in [1.165, 1.54) is 10.4 Å². The summed E-state index contributed by atoms with van der Waals surface area (Å²) in [4.78, 5) is 16.5. The minimum atomic E-state index is -3.66. The minimum absolute atomic E-state index is 0.0669. The number of benzene rings is 1. The lowest BCUT2D eigenvalue weighted by Gasteiger charge is -2.36. The number of amides is 1. The van der Waals surface area contributed by atoms with E-state index in [9.17, 15) is 13.2 Å². The number of allylic oxidation sites excluding steroid dienone is 2. The van der Waals surface area contributed by atoms with Crippen molar-refractivity contribution in [3.05, 3.63) is 69.1 Å². The average molecular weight is 430 g/mol. The van der Waals surface area contributed by atoms with Crippen molar-refractivity contribution in [1.82, 2.24) is 9.62 Å². The molecule has 1 aromatic carbocycles. The maximum atomic E-state index is 13.2. The Bertz CT molecular complexity index is 1100. The molecule has 0 aliphatic carbocycles. The van der Waals surface area contributed by atoms with Crippen LogP contribution < -0.4 is 4.72 Å². The molecule has 2 aromatic rings. The number of nitrogens with one attached hydrogen (secondary N) is 1. The van der Waals surface area contributed by atoms with E-state index in [0.29, 0.717) is 30.8 Å². The zero-order valence-corrected chi connectivity index (χ0v) is 18.0. The van der Waals surface area contributed by atoms with Gasteiger partial charge in [0, 0.05) is 23.5 Å². The maximum Gasteiger partial charge on any atom is 0.342 e. The highest BCUT2D eigenvalue weighted by molar-refractivity contribution is 7.88. The Morgan fingerprint density at radius 1 is 1.24 bits per heavy atom. The van der Waals surface area contributed by atoms with E-state index >= 15 is 0 Å². The second kappa shape index (κ2) is 7.76. The molecule has 0 spiro atoms. The van der Waals surface area contributed by atoms with Crippen molar-refractivity contribution in [2.45, 2.75) is 39.2 Å². The van der Waals surface area contributed by atoms with Gasteiger partial charge in [-0.1, -0.05) is 30.3 Å². The van der Waals surface area contributed by atoms with Crippen LogP contribution in [-0.2, 0) is 21.4 Å². The quantitative estimate of drug-likeness (QED) is 0.807. The van der Waals surface area contributed by atoms with Crippen LogP contribution in [0.15, 0.2) is 57.4 Å². The normalized spacial score (nSPS) is 20.7. The maximum absolute atomic E-state index is 13.2. The monoisotopic (exact) mass is 429 g/mol. The Kier molecular flexibility index (Phi) is 5.31. The van der Waals surface area contributed by atoms with E-state index in [-0.39, 0.29) is 11.9 Å². The topological polar surface area (TPSA) is 78.8 Å². The molecule has 0 saturated carbocycles. The van der Waals surface area contributed by atoms with E-state index in [2.05, 4.69) is 32.7 Å². The van der Waals surface area contributed by atoms with Gasteiger partial charge in [-0.2, -0.15) is 8.42 Å². The molecule has 1 N–H and O–H groups in total. The van der Waals surface area contributed by atoms with Crippen LogP contribution in [0.4, 0.5) is 0 Å². The molecule has 0 fully saturated rings. The molecule has 3 heterocycles. The molecular weight excluding hydrogens is 406 g/mol. The number of fused-ring (bicyclic) bond motifs is 1. The van der Waals surface area contributed by atoms with Crippen LogP contribution in [0.5, 0.6) is 0 Å². The van der Waals surface area contributed by atoms with Crippen molar-refractivity contribution >= 4 is 33.2 Å². The van der Waals surface area contributed by atoms with Crippen molar-refractivity contribution < 1.29 is 13.2 Å². The van der Waals surface area contributed by atoms with E-state index in [4.69, 9.17) is 0 Å². The Morgan fingerprint density at radius 2 is 2.00 bits per heavy atom. The summed E-state index contributed by atoms with van der Waals surface area (Å²) in [6, 6.07) is 12.2. The SMILES string of the molecule is CC1=NS(=O)(=O)NC(C)=C1CCC(=O)N1CCc2sccc2C1c1ccccc1. The van der Waals surface area contributed by atoms with Crippen LogP contribution in [0.1, 0.15) is 48.7 Å². The Morgan fingerprint density at radius 3 is 2.72 bits per heavy atom. The number of hydrogen-bond acceptors (Lipinski definition) is 4. The van der Waals surface area contributed by atoms with Crippen molar-refractivity contribution in [3.63, 3.8) is 0 Å². The third-order valence-corrected chi connectivity index (χ3v) is 7.49. The highest BCUT2D eigenvalue weighted by atomic mass is 32.2. The van der Waals surface area contributed by atoms with Crippen molar-refractivity contribution in [3.8, 4) is 0 Å². The molecule has 8 heteroatoms. The van der Waals surface area contributed by atoms with E-state index in [0.717, 1.165) is 17.6 Å². The minimum Gasteiger partial charge on any atom is -0.331 e. The molecule has 6 nitrogen and oxygen atoms in total. The summed E-state index contributed by atoms with van der Waals surface area (Å²) in [5.74, 6) is 0.0669. The van der Waals surface area contributed by atoms with Gasteiger partial charge in [-0.05, 0) is 54.8 Å². The van der Waals surface area contributed by atoms with Gasteiger partial charge in [-0.15, -0.1) is 15.7 Å². The first kappa shape index (κ1) is 19.8. The first-order valence-corrected chi connectivity index (χ1v) is 11.9. The third-order valence-electron chi connectivity index (χ3n) is 5.42. The van der Waals surface area contributed by atoms with Gasteiger partial charge in [-0.3, -0.25) is 9.52 Å². The molecule has 2 aliphatic rings. The first-order chi connectivity index (χ1) is 13.9. The zero-order valence-electron chi connectivity index (χ0n) is 16.4. The number of thiophene rings is 1. The summed E-state index contributed by atoms with van der Waals surface area (Å²) in [7, 11) is -3.66. The molecule has 4 rings (SSSR count). The number of carbonyl (C=O) groups excluding carboxylic acids is 1. The number of hydrogen-bond donors (Lipinski definition) is 1. The fourth-order valence-electron chi connectivity index (χ4n) is 4.11. The summed E-state index contributed by atoms with van der Waals surface area (Å²) in [5.41, 5.74) is 4.10. The second-order valence-electron chi connectivity index (χ2n) is 7.31. The Labute approximate surface area is 175 Å². The van der Waals surface area contributed by atoms with Crippen molar-refractivity contribution in [2.75, 3.05) is 6.54 Å². The lowest BCUT2D eigenvalue weighted by molar-refractivity contribution is -0.133. The molecular formula is C21H23N3O3S2. The lowest BCUT2D eigenvalue weighted by atomic mass is 9.92. The van der Waals surface area contributed by atoms with Gasteiger partial charge in [0.05, 0.1) is 11.8 Å². The lowest BCUT2D eigenvalue weighted by Crippen LogP contribution is -2.40. The molecule has 152 valence electrons. The molecule has 1 aromatic heterocycles. The second-order valence-corrected chi connectivity index (χ2v) is 9.64. The molecule has 29 heavy (non-hydrogen) atoms. The summed E-state index contributed by atoms with van der Waals surface area (Å²) in [6.07, 6.45) is 1.63. The zero-order chi connectivity index (χ0) is 20.6. The molecule has 1 atom stereocenters. The highest BCUT2D eigenvalue weighted by Crippen LogP contribution is 2.38. The number of rotatable bonds is 4. The van der Waals surface area contributed by atoms with Crippen molar-refractivity contribution in [2.24, 2.45) is 4.40 Å². The van der Waals surface area contributed by atoms with Crippen LogP contribution in [-0.4, -0.2) is 31.5 Å². The smallest absolute Gasteiger partial charge is 0.331 e. The van der Waals surface area contributed by atoms with Crippen molar-refractivity contribution in [1.29, 1.82) is 0 Å². The van der Waals surface area contributed by atoms with Crippen LogP contribution in [0.2, 0.25) is 0 Å². The number of carbonyl (C=O) groups is 1. The van der Waals surface area contributed by atoms with Gasteiger partial charge >= 0.3 is 10.2 Å². The molecule has 1 amide bonds. The Balaban J connectivity index is 1.56. The van der Waals surface area contributed by atoms with Gasteiger partial charge in [0.15, 0.2) is 0 Å². The summed E-state index contributed by atoms with van der Waals surface area (Å²) < 4.78 is 29.5. The third kappa shape index (κ3) is 4.00. The van der Waals surface area contributed by atoms with Gasteiger partial charge in [-0.25, -0.2) is 0 Å². The van der Waals surface area contributed by atoms with Crippen LogP contribution in [0, 0.1) is 0 Å². The molecule has 1 unspecified atom stereocenters. The first-order valence-electron chi connectivity index (χ1n) is 9.56. The van der Waals surface area contributed by atoms with Gasteiger partial charge in [0.25, 0.3) is 0 Å². The molecule has 0 saturated heterocycles. The fourth-order valence-corrected chi connectivity index (χ4v) is 6.04. The highest BCUT2D eigenvalue weighted by Gasteiger charge is 2.32. The summed E-state index contributed by atoms with van der Waals surface area (Å²) >= 11 is 1.75. The van der Waals surface area contributed by atoms with Gasteiger partial charge in [0.2, 0.25) is 5.91 Å². The standard InChI is InChI=1S/C21H23N3O3S2/c1-14-17(15(2)23-29(26,27)22-14)8-9-20(25)24-12-10-19-18(11-13-28-19)21(24)16-6-4-3-5-7-16/h3-7,11,13,21-22H,8-10,12H2,1-2H3. The largest absolute Gasteiger partial charge is 0.342 e. The van der Waals surface area contributed by atoms with Crippen LogP contribution in [0.3, 0.4) is 0 Å². The van der Waals surface area contributed by atoms with Crippen LogP contribution in [0.25, 0.3) is 0 Å². The summed E-state index contributed by atoms with van der Waals surface area (Å²) in [5, 5.41) is 2.09. The Hall–Kier alpha value is -2.45. The van der Waals surface area contributed by atoms with E-state index in [1.54, 1.807) is 25.2 Å². The van der Waals surface area contributed by atoms with Gasteiger partial charge in [0.1, 0.15) is 0 Å². The van der Waals surface area contributed by atoms with E-state index < -0.39 is 10.2 Å². The fraction of sp³-hybridized carbons (Fsp3) is 0.333. The predicted molar refractivity (Wildman–Crippen MR) is 115 cm³/mol. The molecule has 2 aliphatic heterocycles. The predicted octanol–water partition coefficient (Wildman–Crippen LogP) is 3.59. The van der Waals surface area contributed by atoms with E-state index in [1.807, 2.05) is 23.1 Å². The van der Waals surface area contributed by atoms with Gasteiger partial charge < -0.3 is 4.90 Å². The molecule has 0 bridgehead atoms. The average Bonchev–Trinajstić information content (AvgIpc) is 3.15. The summed E-state index contributed by atoms with van der Waals surface area (Å²) in [6.45, 7) is 4.07. The van der Waals surface area contributed by atoms with Crippen LogP contribution >= 0.6 is 11.3 Å².